The summed E-state index contributed by atoms with van der Waals surface area (Å²) in [6.45, 7) is 1.71. The largest absolute Gasteiger partial charge is 0.340 e. The Morgan fingerprint density at radius 2 is 1.90 bits per heavy atom. The maximum absolute atomic E-state index is 13.6. The number of benzene rings is 2. The minimum atomic E-state index is -0.751. The van der Waals surface area contributed by atoms with Gasteiger partial charge in [-0.3, -0.25) is 4.79 Å². The number of carbonyl (C=O) groups excluding carboxylic acids is 1. The quantitative estimate of drug-likeness (QED) is 0.476. The minimum absolute atomic E-state index is 0.233. The minimum Gasteiger partial charge on any atom is -0.340 e. The number of rotatable bonds is 7. The molecular weight excluding hydrogens is 397 g/mol. The van der Waals surface area contributed by atoms with Crippen LogP contribution in [0.5, 0.6) is 0 Å². The number of nitrogens with zero attached hydrogens (tertiary/aromatic N) is 5. The Bertz CT molecular complexity index is 1160. The molecule has 4 rings (SSSR count). The maximum Gasteiger partial charge on any atom is 0.249 e. The number of para-hydroxylation sites is 1. The Kier molecular flexibility index (Phi) is 5.93. The third-order valence-corrected chi connectivity index (χ3v) is 4.65. The number of carbonyl (C=O) groups is 1. The van der Waals surface area contributed by atoms with Gasteiger partial charge in [-0.1, -0.05) is 30.3 Å². The van der Waals surface area contributed by atoms with Gasteiger partial charge in [0, 0.05) is 12.1 Å². The molecule has 2 heterocycles. The smallest absolute Gasteiger partial charge is 0.249 e. The number of halogens is 1. The molecule has 1 unspecified atom stereocenters. The molecule has 0 aliphatic heterocycles. The third-order valence-electron chi connectivity index (χ3n) is 4.65. The Labute approximate surface area is 178 Å². The van der Waals surface area contributed by atoms with Crippen molar-refractivity contribution in [2.24, 2.45) is 0 Å². The molecule has 2 aromatic carbocycles. The molecule has 2 N–H and O–H groups in total. The molecule has 0 fully saturated rings. The van der Waals surface area contributed by atoms with Crippen molar-refractivity contribution in [3.63, 3.8) is 0 Å². The highest BCUT2D eigenvalue weighted by Gasteiger charge is 2.24. The van der Waals surface area contributed by atoms with Gasteiger partial charge in [-0.15, -0.1) is 5.10 Å². The highest BCUT2D eigenvalue weighted by molar-refractivity contribution is 5.93. The molecule has 1 amide bonds. The Hall–Kier alpha value is -4.14. The van der Waals surface area contributed by atoms with Gasteiger partial charge in [-0.25, -0.2) is 14.1 Å². The molecular formula is C22H20FN7O. The molecule has 0 spiro atoms. The van der Waals surface area contributed by atoms with Crippen molar-refractivity contribution < 1.29 is 9.18 Å². The molecule has 0 saturated carbocycles. The van der Waals surface area contributed by atoms with E-state index in [2.05, 4.69) is 31.1 Å². The van der Waals surface area contributed by atoms with E-state index in [0.29, 0.717) is 22.9 Å². The first-order valence-electron chi connectivity index (χ1n) is 9.66. The van der Waals surface area contributed by atoms with Crippen LogP contribution in [0.1, 0.15) is 17.4 Å². The molecule has 0 saturated heterocycles. The van der Waals surface area contributed by atoms with Crippen LogP contribution in [-0.4, -0.2) is 31.1 Å². The van der Waals surface area contributed by atoms with E-state index in [1.807, 2.05) is 30.3 Å². The van der Waals surface area contributed by atoms with Crippen molar-refractivity contribution >= 4 is 23.1 Å². The molecule has 8 nitrogen and oxygen atoms in total. The molecule has 2 aromatic heterocycles. The second kappa shape index (κ2) is 9.12. The van der Waals surface area contributed by atoms with Crippen molar-refractivity contribution in [2.45, 2.75) is 19.4 Å². The Balaban J connectivity index is 1.50. The number of anilines is 3. The SMILES string of the molecule is Cc1nnnn1C(Cc1cccc(F)c1)C(=O)Nc1ccc(Nc2ccccc2)nc1. The number of pyridine rings is 1. The third kappa shape index (κ3) is 5.08. The number of nitrogens with one attached hydrogen (secondary N) is 2. The van der Waals surface area contributed by atoms with Gasteiger partial charge < -0.3 is 10.6 Å². The van der Waals surface area contributed by atoms with Crippen molar-refractivity contribution in [1.29, 1.82) is 0 Å². The average Bonchev–Trinajstić information content (AvgIpc) is 3.19. The Morgan fingerprint density at radius 3 is 2.58 bits per heavy atom. The predicted octanol–water partition coefficient (Wildman–Crippen LogP) is 3.68. The van der Waals surface area contributed by atoms with E-state index in [9.17, 15) is 9.18 Å². The molecule has 0 aliphatic carbocycles. The fourth-order valence-corrected chi connectivity index (χ4v) is 3.14. The average molecular weight is 417 g/mol. The summed E-state index contributed by atoms with van der Waals surface area (Å²) in [5.41, 5.74) is 2.10. The lowest BCUT2D eigenvalue weighted by Gasteiger charge is -2.18. The van der Waals surface area contributed by atoms with Gasteiger partial charge in [0.25, 0.3) is 0 Å². The van der Waals surface area contributed by atoms with Crippen LogP contribution in [0.25, 0.3) is 0 Å². The monoisotopic (exact) mass is 417 g/mol. The number of aryl methyl sites for hydroxylation is 1. The van der Waals surface area contributed by atoms with Gasteiger partial charge in [0.2, 0.25) is 5.91 Å². The summed E-state index contributed by atoms with van der Waals surface area (Å²) in [6, 6.07) is 18.5. The van der Waals surface area contributed by atoms with E-state index in [4.69, 9.17) is 0 Å². The zero-order valence-electron chi connectivity index (χ0n) is 16.7. The van der Waals surface area contributed by atoms with Crippen molar-refractivity contribution in [1.82, 2.24) is 25.2 Å². The molecule has 0 bridgehead atoms. The normalized spacial score (nSPS) is 11.7. The number of tetrazole rings is 1. The lowest BCUT2D eigenvalue weighted by molar-refractivity contribution is -0.119. The lowest BCUT2D eigenvalue weighted by Crippen LogP contribution is -2.29. The van der Waals surface area contributed by atoms with Crippen LogP contribution in [0.3, 0.4) is 0 Å². The van der Waals surface area contributed by atoms with Crippen molar-refractivity contribution in [2.75, 3.05) is 10.6 Å². The van der Waals surface area contributed by atoms with E-state index in [-0.39, 0.29) is 18.1 Å². The standard InChI is InChI=1S/C22H20FN7O/c1-15-27-28-29-30(15)20(13-16-6-5-7-17(23)12-16)22(31)26-19-10-11-21(24-14-19)25-18-8-3-2-4-9-18/h2-12,14,20H,13H2,1H3,(H,24,25)(H,26,31). The summed E-state index contributed by atoms with van der Waals surface area (Å²) in [7, 11) is 0. The summed E-state index contributed by atoms with van der Waals surface area (Å²) < 4.78 is 15.0. The topological polar surface area (TPSA) is 97.6 Å². The van der Waals surface area contributed by atoms with Crippen LogP contribution in [-0.2, 0) is 11.2 Å². The van der Waals surface area contributed by atoms with Crippen LogP contribution < -0.4 is 10.6 Å². The first kappa shape index (κ1) is 20.1. The molecule has 1 atom stereocenters. The van der Waals surface area contributed by atoms with Gasteiger partial charge >= 0.3 is 0 Å². The van der Waals surface area contributed by atoms with Gasteiger partial charge in [0.05, 0.1) is 11.9 Å². The summed E-state index contributed by atoms with van der Waals surface area (Å²) in [4.78, 5) is 17.4. The van der Waals surface area contributed by atoms with Gasteiger partial charge in [-0.05, 0) is 59.3 Å². The van der Waals surface area contributed by atoms with Crippen LogP contribution >= 0.6 is 0 Å². The first-order chi connectivity index (χ1) is 15.1. The first-order valence-corrected chi connectivity index (χ1v) is 9.66. The molecule has 0 aliphatic rings. The zero-order chi connectivity index (χ0) is 21.6. The summed E-state index contributed by atoms with van der Waals surface area (Å²) in [5, 5.41) is 17.5. The van der Waals surface area contributed by atoms with Crippen molar-refractivity contribution in [3.8, 4) is 0 Å². The van der Waals surface area contributed by atoms with Crippen LogP contribution in [0.15, 0.2) is 72.9 Å². The van der Waals surface area contributed by atoms with E-state index >= 15 is 0 Å². The van der Waals surface area contributed by atoms with E-state index < -0.39 is 6.04 Å². The van der Waals surface area contributed by atoms with Crippen LogP contribution in [0.2, 0.25) is 0 Å². The molecule has 0 radical (unpaired) electrons. The second-order valence-electron chi connectivity index (χ2n) is 6.93. The maximum atomic E-state index is 13.6. The van der Waals surface area contributed by atoms with E-state index in [1.165, 1.54) is 16.8 Å². The number of amides is 1. The second-order valence-corrected chi connectivity index (χ2v) is 6.93. The highest BCUT2D eigenvalue weighted by Crippen LogP contribution is 2.20. The molecule has 9 heteroatoms. The number of hydrogen-bond acceptors (Lipinski definition) is 6. The van der Waals surface area contributed by atoms with Gasteiger partial charge in [-0.2, -0.15) is 0 Å². The predicted molar refractivity (Wildman–Crippen MR) is 114 cm³/mol. The zero-order valence-corrected chi connectivity index (χ0v) is 16.7. The van der Waals surface area contributed by atoms with E-state index in [0.717, 1.165) is 5.69 Å². The summed E-state index contributed by atoms with van der Waals surface area (Å²) in [5.74, 6) is 0.440. The van der Waals surface area contributed by atoms with Crippen LogP contribution in [0.4, 0.5) is 21.6 Å². The number of aromatic nitrogens is 5. The van der Waals surface area contributed by atoms with Crippen molar-refractivity contribution in [3.05, 3.63) is 90.1 Å². The Morgan fingerprint density at radius 1 is 1.06 bits per heavy atom. The highest BCUT2D eigenvalue weighted by atomic mass is 19.1. The van der Waals surface area contributed by atoms with E-state index in [1.54, 1.807) is 37.4 Å². The molecule has 31 heavy (non-hydrogen) atoms. The van der Waals surface area contributed by atoms with Gasteiger partial charge in [0.1, 0.15) is 23.5 Å². The summed E-state index contributed by atoms with van der Waals surface area (Å²) >= 11 is 0. The van der Waals surface area contributed by atoms with Crippen LogP contribution in [0, 0.1) is 12.7 Å². The fourth-order valence-electron chi connectivity index (χ4n) is 3.14. The summed E-state index contributed by atoms with van der Waals surface area (Å²) in [6.07, 6.45) is 1.80. The molecule has 4 aromatic rings. The van der Waals surface area contributed by atoms with Gasteiger partial charge in [0.15, 0.2) is 0 Å². The fraction of sp³-hybridized carbons (Fsp3) is 0.136. The number of hydrogen-bond donors (Lipinski definition) is 2. The molecule has 156 valence electrons. The lowest BCUT2D eigenvalue weighted by atomic mass is 10.0.